The van der Waals surface area contributed by atoms with Crippen LogP contribution in [-0.4, -0.2) is 42.1 Å². The summed E-state index contributed by atoms with van der Waals surface area (Å²) in [7, 11) is 1.70. The quantitative estimate of drug-likeness (QED) is 0.626. The van der Waals surface area contributed by atoms with Crippen molar-refractivity contribution < 1.29 is 50.4 Å². The zero-order chi connectivity index (χ0) is 17.8. The second-order valence-electron chi connectivity index (χ2n) is 6.88. The Labute approximate surface area is 178 Å². The van der Waals surface area contributed by atoms with Crippen LogP contribution in [0.25, 0.3) is 6.08 Å². The third-order valence-electron chi connectivity index (χ3n) is 5.30. The molecule has 0 aromatic heterocycles. The van der Waals surface area contributed by atoms with Gasteiger partial charge in [0.05, 0.1) is 7.11 Å². The van der Waals surface area contributed by atoms with Gasteiger partial charge in [0.15, 0.2) is 0 Å². The Morgan fingerprint density at radius 3 is 2.46 bits per heavy atom. The Balaban J connectivity index is 0.00000182. The van der Waals surface area contributed by atoms with E-state index in [0.717, 1.165) is 24.2 Å². The van der Waals surface area contributed by atoms with E-state index in [4.69, 9.17) is 9.84 Å². The third-order valence-corrected chi connectivity index (χ3v) is 5.30. The number of piperidine rings is 1. The summed E-state index contributed by atoms with van der Waals surface area (Å²) in [4.78, 5) is 23.8. The van der Waals surface area contributed by atoms with Crippen molar-refractivity contribution in [3.8, 4) is 5.75 Å². The molecule has 136 valence electrons. The first-order valence-corrected chi connectivity index (χ1v) is 8.98. The molecule has 26 heavy (non-hydrogen) atoms. The first kappa shape index (κ1) is 21.0. The van der Waals surface area contributed by atoms with Gasteiger partial charge in [-0.1, -0.05) is 17.7 Å². The zero-order valence-corrected chi connectivity index (χ0v) is 17.7. The summed E-state index contributed by atoms with van der Waals surface area (Å²) in [5.74, 6) is -0.917. The number of carbonyl (C=O) groups is 2. The van der Waals surface area contributed by atoms with Gasteiger partial charge in [-0.15, -0.1) is 0 Å². The fraction of sp³-hybridized carbons (Fsp3) is 0.500. The summed E-state index contributed by atoms with van der Waals surface area (Å²) in [6.45, 7) is 0.997. The Morgan fingerprint density at radius 1 is 1.23 bits per heavy atom. The minimum Gasteiger partial charge on any atom is -1.00 e. The van der Waals surface area contributed by atoms with Gasteiger partial charge < -0.3 is 16.2 Å². The zero-order valence-electron chi connectivity index (χ0n) is 16.7. The van der Waals surface area contributed by atoms with E-state index < -0.39 is 11.9 Å². The second-order valence-corrected chi connectivity index (χ2v) is 6.88. The Morgan fingerprint density at radius 2 is 1.88 bits per heavy atom. The molecule has 1 heterocycles. The molecule has 0 spiro atoms. The van der Waals surface area contributed by atoms with E-state index in [0.29, 0.717) is 19.0 Å². The molecule has 1 aliphatic carbocycles. The number of carbonyl (C=O) groups excluding carboxylic acids is 1. The number of ether oxygens (including phenoxy) is 1. The summed E-state index contributed by atoms with van der Waals surface area (Å²) in [5, 5.41) is 8.84. The van der Waals surface area contributed by atoms with Crippen LogP contribution in [0.2, 0.25) is 0 Å². The number of carboxylic acids is 1. The van der Waals surface area contributed by atoms with Gasteiger partial charge in [-0.25, -0.2) is 4.79 Å². The van der Waals surface area contributed by atoms with Crippen molar-refractivity contribution in [1.82, 2.24) is 4.90 Å². The minimum atomic E-state index is -1.37. The van der Waals surface area contributed by atoms with Gasteiger partial charge in [0.2, 0.25) is 0 Å². The number of hydrogen-bond donors (Lipinski definition) is 1. The smallest absolute Gasteiger partial charge is 1.00 e. The van der Waals surface area contributed by atoms with Crippen molar-refractivity contribution in [2.75, 3.05) is 20.2 Å². The molecule has 6 heteroatoms. The van der Waals surface area contributed by atoms with E-state index in [1.54, 1.807) is 7.11 Å². The Bertz CT molecular complexity index is 691. The molecular weight excluding hydrogens is 341 g/mol. The number of aliphatic carboxylic acids is 1. The number of methoxy groups -OCH3 is 1. The number of benzene rings is 1. The van der Waals surface area contributed by atoms with Crippen LogP contribution in [0.1, 0.15) is 57.0 Å². The van der Waals surface area contributed by atoms with Crippen LogP contribution in [0.15, 0.2) is 23.8 Å². The molecule has 3 rings (SSSR count). The van der Waals surface area contributed by atoms with Gasteiger partial charge in [0.1, 0.15) is 5.75 Å². The first-order valence-electron chi connectivity index (χ1n) is 8.98. The van der Waals surface area contributed by atoms with Crippen molar-refractivity contribution >= 4 is 18.0 Å². The van der Waals surface area contributed by atoms with Gasteiger partial charge >= 0.3 is 41.4 Å². The summed E-state index contributed by atoms with van der Waals surface area (Å²) in [6, 6.07) is 6.31. The van der Waals surface area contributed by atoms with Crippen molar-refractivity contribution in [3.05, 3.63) is 34.9 Å². The Hall–Kier alpha value is -1.30. The monoisotopic (exact) mass is 367 g/mol. The van der Waals surface area contributed by atoms with Gasteiger partial charge in [0, 0.05) is 18.7 Å². The molecule has 1 aromatic rings. The van der Waals surface area contributed by atoms with Crippen LogP contribution in [-0.2, 0) is 9.59 Å². The fourth-order valence-electron chi connectivity index (χ4n) is 3.86. The maximum absolute atomic E-state index is 11.6. The summed E-state index contributed by atoms with van der Waals surface area (Å²) >= 11 is 0. The normalized spacial score (nSPS) is 17.6. The second kappa shape index (κ2) is 9.58. The molecule has 5 nitrogen and oxygen atoms in total. The number of carboxylic acid groups (broad SMARTS) is 1. The van der Waals surface area contributed by atoms with E-state index in [-0.39, 0.29) is 31.0 Å². The SMILES string of the molecule is COc1ccc(C2CCN(C(=O)C(=O)O)CC2)cc1C=C1CCCC1.[H-].[Na+]. The van der Waals surface area contributed by atoms with Crippen molar-refractivity contribution in [1.29, 1.82) is 0 Å². The van der Waals surface area contributed by atoms with Gasteiger partial charge in [0.25, 0.3) is 0 Å². The van der Waals surface area contributed by atoms with Crippen molar-refractivity contribution in [2.45, 2.75) is 44.4 Å². The summed E-state index contributed by atoms with van der Waals surface area (Å²) in [6.07, 6.45) is 8.72. The number of nitrogens with zero attached hydrogens (tertiary/aromatic N) is 1. The molecule has 1 saturated carbocycles. The fourth-order valence-corrected chi connectivity index (χ4v) is 3.86. The number of amides is 1. The largest absolute Gasteiger partial charge is 1.00 e. The topological polar surface area (TPSA) is 66.8 Å². The number of hydrogen-bond acceptors (Lipinski definition) is 3. The summed E-state index contributed by atoms with van der Waals surface area (Å²) < 4.78 is 5.51. The maximum atomic E-state index is 11.6. The average molecular weight is 367 g/mol. The molecule has 1 saturated heterocycles. The third kappa shape index (κ3) is 4.90. The van der Waals surface area contributed by atoms with Crippen LogP contribution in [0.3, 0.4) is 0 Å². The number of allylic oxidation sites excluding steroid dienone is 1. The standard InChI is InChI=1S/C20H25NO4.Na.H/c1-25-18-7-6-16(13-17(18)12-14-4-2-3-5-14)15-8-10-21(11-9-15)19(22)20(23)24;;/h6-7,12-13,15H,2-5,8-11H2,1H3,(H,23,24);;/q;+1;-1. The molecule has 0 atom stereocenters. The van der Waals surface area contributed by atoms with Gasteiger partial charge in [-0.05, 0) is 62.1 Å². The molecular formula is C20H26NNaO4. The minimum absolute atomic E-state index is 0. The van der Waals surface area contributed by atoms with Crippen LogP contribution in [0, 0.1) is 0 Å². The van der Waals surface area contributed by atoms with Crippen LogP contribution in [0.5, 0.6) is 5.75 Å². The average Bonchev–Trinajstić information content (AvgIpc) is 3.14. The number of likely N-dealkylation sites (tertiary alicyclic amines) is 1. The molecule has 2 fully saturated rings. The summed E-state index contributed by atoms with van der Waals surface area (Å²) in [5.41, 5.74) is 3.85. The van der Waals surface area contributed by atoms with Crippen LogP contribution in [0.4, 0.5) is 0 Å². The first-order chi connectivity index (χ1) is 12.1. The predicted octanol–water partition coefficient (Wildman–Crippen LogP) is 0.560. The van der Waals surface area contributed by atoms with E-state index in [1.807, 2.05) is 6.07 Å². The van der Waals surface area contributed by atoms with E-state index in [2.05, 4.69) is 18.2 Å². The van der Waals surface area contributed by atoms with Crippen molar-refractivity contribution in [2.24, 2.45) is 0 Å². The maximum Gasteiger partial charge on any atom is 1.00 e. The Kier molecular flexibility index (Phi) is 7.74. The number of rotatable bonds is 3. The van der Waals surface area contributed by atoms with Crippen LogP contribution >= 0.6 is 0 Å². The molecule has 1 aromatic carbocycles. The molecule has 1 amide bonds. The molecule has 1 aliphatic heterocycles. The molecule has 0 unspecified atom stereocenters. The van der Waals surface area contributed by atoms with E-state index in [1.165, 1.54) is 41.7 Å². The van der Waals surface area contributed by atoms with Gasteiger partial charge in [-0.3, -0.25) is 4.79 Å². The van der Waals surface area contributed by atoms with Crippen molar-refractivity contribution in [3.63, 3.8) is 0 Å². The molecule has 2 aliphatic rings. The molecule has 0 bridgehead atoms. The van der Waals surface area contributed by atoms with E-state index in [9.17, 15) is 9.59 Å². The van der Waals surface area contributed by atoms with Gasteiger partial charge in [-0.2, -0.15) is 0 Å². The molecule has 1 N–H and O–H groups in total. The van der Waals surface area contributed by atoms with E-state index >= 15 is 0 Å². The van der Waals surface area contributed by atoms with Crippen LogP contribution < -0.4 is 34.3 Å². The molecule has 0 radical (unpaired) electrons. The predicted molar refractivity (Wildman–Crippen MR) is 96.7 cm³/mol.